The molecule has 1 aliphatic rings. The van der Waals surface area contributed by atoms with Gasteiger partial charge < -0.3 is 20.0 Å². The van der Waals surface area contributed by atoms with Gasteiger partial charge in [0.15, 0.2) is 5.96 Å². The smallest absolute Gasteiger partial charge is 0.213 e. The lowest BCUT2D eigenvalue weighted by Crippen LogP contribution is -2.47. The number of aliphatic imine (C=N–C) groups is 1. The van der Waals surface area contributed by atoms with Gasteiger partial charge in [0.2, 0.25) is 5.89 Å². The lowest BCUT2D eigenvalue weighted by Gasteiger charge is -2.40. The van der Waals surface area contributed by atoms with E-state index < -0.39 is 0 Å². The second-order valence-electron chi connectivity index (χ2n) is 9.30. The first-order chi connectivity index (χ1) is 14.9. The third-order valence-electron chi connectivity index (χ3n) is 5.72. The van der Waals surface area contributed by atoms with Crippen molar-refractivity contribution in [2.24, 2.45) is 4.99 Å². The minimum atomic E-state index is -0.0357. The van der Waals surface area contributed by atoms with Gasteiger partial charge in [0.05, 0.1) is 12.7 Å². The fraction of sp³-hybridized carbons (Fsp3) is 0.583. The highest BCUT2D eigenvalue weighted by Crippen LogP contribution is 2.25. The Morgan fingerprint density at radius 3 is 2.65 bits per heavy atom. The normalized spacial score (nSPS) is 18.9. The number of benzene rings is 1. The fourth-order valence-electron chi connectivity index (χ4n) is 3.82. The average molecular weight is 427 g/mol. The van der Waals surface area contributed by atoms with Crippen LogP contribution in [0.4, 0.5) is 0 Å². The van der Waals surface area contributed by atoms with Crippen LogP contribution in [0.2, 0.25) is 0 Å². The van der Waals surface area contributed by atoms with Gasteiger partial charge in [0.25, 0.3) is 0 Å². The Labute approximate surface area is 186 Å². The van der Waals surface area contributed by atoms with Crippen molar-refractivity contribution >= 4 is 5.96 Å². The van der Waals surface area contributed by atoms with Crippen LogP contribution in [0, 0.1) is 0 Å². The van der Waals surface area contributed by atoms with Gasteiger partial charge in [-0.2, -0.15) is 0 Å². The van der Waals surface area contributed by atoms with Crippen molar-refractivity contribution in [2.75, 3.05) is 46.8 Å². The predicted octanol–water partition coefficient (Wildman–Crippen LogP) is 3.02. The standard InChI is InChI=1S/C24H38N6O/c1-24(2,3)21-16-27-22(31-21)17-28-23(25-4)26-12-9-13-30-15-14-29(5)18-20(30)19-10-7-6-8-11-19/h6-8,10-11,16,20H,9,12-15,17-18H2,1-5H3,(H2,25,26,28). The molecular weight excluding hydrogens is 388 g/mol. The monoisotopic (exact) mass is 426 g/mol. The lowest BCUT2D eigenvalue weighted by molar-refractivity contribution is 0.0891. The van der Waals surface area contributed by atoms with Crippen LogP contribution in [0.15, 0.2) is 45.9 Å². The zero-order valence-corrected chi connectivity index (χ0v) is 19.7. The van der Waals surface area contributed by atoms with Crippen LogP contribution in [0.1, 0.15) is 50.4 Å². The van der Waals surface area contributed by atoms with E-state index in [0.29, 0.717) is 18.5 Å². The summed E-state index contributed by atoms with van der Waals surface area (Å²) in [5, 5.41) is 6.70. The van der Waals surface area contributed by atoms with E-state index in [0.717, 1.165) is 50.9 Å². The summed E-state index contributed by atoms with van der Waals surface area (Å²) in [6, 6.07) is 11.3. The number of oxazole rings is 1. The van der Waals surface area contributed by atoms with Gasteiger partial charge in [-0.25, -0.2) is 4.98 Å². The van der Waals surface area contributed by atoms with Crippen LogP contribution in [-0.4, -0.2) is 67.6 Å². The van der Waals surface area contributed by atoms with Crippen LogP contribution in [0.25, 0.3) is 0 Å². The molecule has 1 aliphatic heterocycles. The molecule has 31 heavy (non-hydrogen) atoms. The van der Waals surface area contributed by atoms with Gasteiger partial charge in [-0.05, 0) is 19.0 Å². The van der Waals surface area contributed by atoms with Crippen molar-refractivity contribution in [1.82, 2.24) is 25.4 Å². The van der Waals surface area contributed by atoms with E-state index >= 15 is 0 Å². The molecule has 0 amide bonds. The Bertz CT molecular complexity index is 826. The number of aromatic nitrogens is 1. The Kier molecular flexibility index (Phi) is 8.09. The second-order valence-corrected chi connectivity index (χ2v) is 9.30. The number of rotatable bonds is 7. The number of nitrogens with zero attached hydrogens (tertiary/aromatic N) is 4. The SMILES string of the molecule is CN=C(NCCCN1CCN(C)CC1c1ccccc1)NCc1ncc(C(C)(C)C)o1. The third-order valence-corrected chi connectivity index (χ3v) is 5.72. The van der Waals surface area contributed by atoms with Crippen molar-refractivity contribution in [3.05, 3.63) is 53.7 Å². The van der Waals surface area contributed by atoms with E-state index in [4.69, 9.17) is 4.42 Å². The van der Waals surface area contributed by atoms with E-state index in [-0.39, 0.29) is 5.41 Å². The third kappa shape index (κ3) is 6.80. The Balaban J connectivity index is 1.43. The van der Waals surface area contributed by atoms with E-state index in [2.05, 4.69) is 88.6 Å². The maximum atomic E-state index is 5.84. The van der Waals surface area contributed by atoms with Gasteiger partial charge in [-0.15, -0.1) is 0 Å². The van der Waals surface area contributed by atoms with Crippen molar-refractivity contribution in [3.63, 3.8) is 0 Å². The van der Waals surface area contributed by atoms with Gasteiger partial charge in [0, 0.05) is 51.2 Å². The quantitative estimate of drug-likeness (QED) is 0.403. The van der Waals surface area contributed by atoms with Crippen molar-refractivity contribution < 1.29 is 4.42 Å². The molecular formula is C24H38N6O. The van der Waals surface area contributed by atoms with Gasteiger partial charge in [-0.3, -0.25) is 9.89 Å². The lowest BCUT2D eigenvalue weighted by atomic mass is 9.94. The first kappa shape index (κ1) is 23.3. The molecule has 0 bridgehead atoms. The van der Waals surface area contributed by atoms with Crippen LogP contribution in [0.3, 0.4) is 0 Å². The summed E-state index contributed by atoms with van der Waals surface area (Å²) in [6.45, 7) is 12.1. The number of piperazine rings is 1. The predicted molar refractivity (Wildman–Crippen MR) is 126 cm³/mol. The van der Waals surface area contributed by atoms with E-state index in [1.54, 1.807) is 7.05 Å². The number of nitrogens with one attached hydrogen (secondary N) is 2. The minimum absolute atomic E-state index is 0.0357. The fourth-order valence-corrected chi connectivity index (χ4v) is 3.82. The molecule has 2 aromatic rings. The van der Waals surface area contributed by atoms with Crippen molar-refractivity contribution in [3.8, 4) is 0 Å². The molecule has 1 unspecified atom stereocenters. The summed E-state index contributed by atoms with van der Waals surface area (Å²) in [7, 11) is 4.00. The molecule has 0 saturated carbocycles. The van der Waals surface area contributed by atoms with E-state index in [1.165, 1.54) is 5.56 Å². The molecule has 1 aromatic carbocycles. The van der Waals surface area contributed by atoms with Crippen molar-refractivity contribution in [1.29, 1.82) is 0 Å². The van der Waals surface area contributed by atoms with E-state index in [1.807, 2.05) is 6.20 Å². The van der Waals surface area contributed by atoms with Crippen LogP contribution < -0.4 is 10.6 Å². The number of likely N-dealkylation sites (N-methyl/N-ethyl adjacent to an activating group) is 1. The average Bonchev–Trinajstić information content (AvgIpc) is 3.24. The van der Waals surface area contributed by atoms with Crippen molar-refractivity contribution in [2.45, 2.75) is 45.2 Å². The molecule has 1 atom stereocenters. The Hall–Kier alpha value is -2.38. The van der Waals surface area contributed by atoms with Crippen LogP contribution in [0.5, 0.6) is 0 Å². The highest BCUT2D eigenvalue weighted by Gasteiger charge is 2.26. The molecule has 2 heterocycles. The second kappa shape index (κ2) is 10.8. The molecule has 0 radical (unpaired) electrons. The topological polar surface area (TPSA) is 68.9 Å². The maximum absolute atomic E-state index is 5.84. The molecule has 0 aliphatic carbocycles. The number of guanidine groups is 1. The Morgan fingerprint density at radius 2 is 1.97 bits per heavy atom. The summed E-state index contributed by atoms with van der Waals surface area (Å²) in [4.78, 5) is 13.7. The molecule has 7 nitrogen and oxygen atoms in total. The number of hydrogen-bond donors (Lipinski definition) is 2. The first-order valence-electron chi connectivity index (χ1n) is 11.2. The summed E-state index contributed by atoms with van der Waals surface area (Å²) in [5.41, 5.74) is 1.37. The van der Waals surface area contributed by atoms with Gasteiger partial charge >= 0.3 is 0 Å². The molecule has 1 saturated heterocycles. The molecule has 7 heteroatoms. The minimum Gasteiger partial charge on any atom is -0.443 e. The molecule has 2 N–H and O–H groups in total. The van der Waals surface area contributed by atoms with Crippen LogP contribution in [-0.2, 0) is 12.0 Å². The largest absolute Gasteiger partial charge is 0.443 e. The van der Waals surface area contributed by atoms with Gasteiger partial charge in [-0.1, -0.05) is 51.1 Å². The maximum Gasteiger partial charge on any atom is 0.213 e. The Morgan fingerprint density at radius 1 is 1.19 bits per heavy atom. The zero-order valence-electron chi connectivity index (χ0n) is 19.7. The first-order valence-corrected chi connectivity index (χ1v) is 11.2. The summed E-state index contributed by atoms with van der Waals surface area (Å²) >= 11 is 0. The molecule has 3 rings (SSSR count). The number of hydrogen-bond acceptors (Lipinski definition) is 5. The van der Waals surface area contributed by atoms with Crippen LogP contribution >= 0.6 is 0 Å². The molecule has 1 aromatic heterocycles. The highest BCUT2D eigenvalue weighted by molar-refractivity contribution is 5.79. The summed E-state index contributed by atoms with van der Waals surface area (Å²) in [6.07, 6.45) is 2.87. The summed E-state index contributed by atoms with van der Waals surface area (Å²) in [5.74, 6) is 2.34. The van der Waals surface area contributed by atoms with E-state index in [9.17, 15) is 0 Å². The summed E-state index contributed by atoms with van der Waals surface area (Å²) < 4.78 is 5.84. The molecule has 0 spiro atoms. The zero-order chi connectivity index (χ0) is 22.3. The molecule has 170 valence electrons. The highest BCUT2D eigenvalue weighted by atomic mass is 16.4. The van der Waals surface area contributed by atoms with Gasteiger partial charge in [0.1, 0.15) is 5.76 Å². The molecule has 1 fully saturated rings.